The Labute approximate surface area is 600 Å². The van der Waals surface area contributed by atoms with Crippen LogP contribution in [-0.4, -0.2) is 96.7 Å². The van der Waals surface area contributed by atoms with Gasteiger partial charge in [-0.2, -0.15) is 0 Å². The van der Waals surface area contributed by atoms with Crippen molar-refractivity contribution < 1.29 is 80.2 Å². The zero-order valence-corrected chi connectivity index (χ0v) is 65.9. The molecule has 0 rings (SSSR count). The highest BCUT2D eigenvalue weighted by Crippen LogP contribution is 2.45. The topological polar surface area (TPSA) is 237 Å². The monoisotopic (exact) mass is 1440 g/mol. The number of ether oxygens (including phenoxy) is 4. The molecule has 0 saturated heterocycles. The van der Waals surface area contributed by atoms with E-state index >= 15 is 0 Å². The molecule has 0 spiro atoms. The molecule has 0 aromatic heterocycles. The molecule has 0 aromatic rings. The predicted molar refractivity (Wildman–Crippen MR) is 400 cm³/mol. The Kier molecular flexibility index (Phi) is 69.3. The minimum atomic E-state index is -4.96. The molecule has 5 atom stereocenters. The Hall–Kier alpha value is -1.94. The van der Waals surface area contributed by atoms with Gasteiger partial charge in [-0.25, -0.2) is 9.13 Å². The minimum Gasteiger partial charge on any atom is -0.462 e. The van der Waals surface area contributed by atoms with Crippen LogP contribution >= 0.6 is 15.6 Å². The van der Waals surface area contributed by atoms with Crippen molar-refractivity contribution in [2.75, 3.05) is 39.6 Å². The molecule has 98 heavy (non-hydrogen) atoms. The Morgan fingerprint density at radius 1 is 0.276 bits per heavy atom. The van der Waals surface area contributed by atoms with Gasteiger partial charge in [0.05, 0.1) is 26.4 Å². The molecule has 0 aromatic carbocycles. The second kappa shape index (κ2) is 70.7. The van der Waals surface area contributed by atoms with Crippen molar-refractivity contribution in [2.45, 2.75) is 432 Å². The van der Waals surface area contributed by atoms with Gasteiger partial charge in [-0.15, -0.1) is 0 Å². The van der Waals surface area contributed by atoms with Crippen molar-refractivity contribution in [3.63, 3.8) is 0 Å². The van der Waals surface area contributed by atoms with Gasteiger partial charge >= 0.3 is 39.5 Å². The maximum absolute atomic E-state index is 13.1. The summed E-state index contributed by atoms with van der Waals surface area (Å²) in [6.45, 7) is 9.66. The van der Waals surface area contributed by atoms with Crippen molar-refractivity contribution >= 4 is 39.5 Å². The molecule has 0 aliphatic carbocycles. The highest BCUT2D eigenvalue weighted by molar-refractivity contribution is 7.47. The predicted octanol–water partition coefficient (Wildman–Crippen LogP) is 23.5. The smallest absolute Gasteiger partial charge is 0.462 e. The first-order chi connectivity index (χ1) is 47.4. The van der Waals surface area contributed by atoms with Crippen LogP contribution in [0.3, 0.4) is 0 Å². The van der Waals surface area contributed by atoms with E-state index in [1.165, 1.54) is 231 Å². The van der Waals surface area contributed by atoms with Gasteiger partial charge in [-0.05, 0) is 37.5 Å². The SMILES string of the molecule is CCCCCCCCCCCCCCCC(=O)O[C@H](COC(=O)CCCCCCCCCCC)COP(=O)(O)OC[C@H](O)COP(=O)(O)OC[C@@H](COC(=O)CCCCCCCCCCCCCCCCCC(C)C)OC(=O)CCCCCCCCCCCCCCCCCC(C)C. The fourth-order valence-electron chi connectivity index (χ4n) is 12.2. The van der Waals surface area contributed by atoms with E-state index in [9.17, 15) is 43.2 Å². The quantitative estimate of drug-likeness (QED) is 0.0222. The third-order valence-corrected chi connectivity index (χ3v) is 20.4. The van der Waals surface area contributed by atoms with Crippen LogP contribution in [0, 0.1) is 11.8 Å². The van der Waals surface area contributed by atoms with Crippen molar-refractivity contribution in [1.29, 1.82) is 0 Å². The molecule has 0 heterocycles. The van der Waals surface area contributed by atoms with E-state index in [2.05, 4.69) is 41.5 Å². The van der Waals surface area contributed by atoms with E-state index in [4.69, 9.17) is 37.0 Å². The Balaban J connectivity index is 5.22. The molecule has 0 aliphatic heterocycles. The summed E-state index contributed by atoms with van der Waals surface area (Å²) in [4.78, 5) is 72.9. The van der Waals surface area contributed by atoms with Crippen molar-refractivity contribution in [3.8, 4) is 0 Å². The van der Waals surface area contributed by atoms with Crippen LogP contribution in [0.4, 0.5) is 0 Å². The summed E-state index contributed by atoms with van der Waals surface area (Å²) in [5, 5.41) is 10.6. The first-order valence-corrected chi connectivity index (χ1v) is 44.0. The van der Waals surface area contributed by atoms with Gasteiger partial charge in [0.15, 0.2) is 12.2 Å². The van der Waals surface area contributed by atoms with Gasteiger partial charge in [-0.3, -0.25) is 37.3 Å². The maximum atomic E-state index is 13.1. The fourth-order valence-corrected chi connectivity index (χ4v) is 13.8. The van der Waals surface area contributed by atoms with Crippen molar-refractivity contribution in [1.82, 2.24) is 0 Å². The summed E-state index contributed by atoms with van der Waals surface area (Å²) in [5.74, 6) is -0.502. The van der Waals surface area contributed by atoms with E-state index in [1.54, 1.807) is 0 Å². The lowest BCUT2D eigenvalue weighted by atomic mass is 10.0. The van der Waals surface area contributed by atoms with Crippen LogP contribution in [0.25, 0.3) is 0 Å². The third kappa shape index (κ3) is 72.4. The first-order valence-electron chi connectivity index (χ1n) is 41.0. The van der Waals surface area contributed by atoms with Crippen LogP contribution in [0.5, 0.6) is 0 Å². The lowest BCUT2D eigenvalue weighted by Gasteiger charge is -2.21. The fraction of sp³-hybridized carbons (Fsp3) is 0.949. The summed E-state index contributed by atoms with van der Waals surface area (Å²) in [5.41, 5.74) is 0. The normalized spacial score (nSPS) is 13.9. The van der Waals surface area contributed by atoms with Gasteiger partial charge in [-0.1, -0.05) is 363 Å². The molecule has 582 valence electrons. The number of phosphoric acid groups is 2. The number of aliphatic hydroxyl groups excluding tert-OH is 1. The molecule has 19 heteroatoms. The second-order valence-electron chi connectivity index (χ2n) is 29.4. The maximum Gasteiger partial charge on any atom is 0.472 e. The summed E-state index contributed by atoms with van der Waals surface area (Å²) in [6, 6.07) is 0. The van der Waals surface area contributed by atoms with Crippen LogP contribution in [-0.2, 0) is 65.4 Å². The highest BCUT2D eigenvalue weighted by atomic mass is 31.2. The van der Waals surface area contributed by atoms with Crippen molar-refractivity contribution in [3.05, 3.63) is 0 Å². The Bertz CT molecular complexity index is 1890. The number of carbonyl (C=O) groups is 4. The Morgan fingerprint density at radius 2 is 0.469 bits per heavy atom. The van der Waals surface area contributed by atoms with Crippen molar-refractivity contribution in [2.24, 2.45) is 11.8 Å². The molecule has 17 nitrogen and oxygen atoms in total. The number of hydrogen-bond donors (Lipinski definition) is 3. The molecule has 0 bridgehead atoms. The molecule has 0 amide bonds. The summed E-state index contributed by atoms with van der Waals surface area (Å²) in [6.07, 6.45) is 59.6. The van der Waals surface area contributed by atoms with Gasteiger partial charge in [0.25, 0.3) is 0 Å². The average molecular weight is 1440 g/mol. The van der Waals surface area contributed by atoms with Crippen LogP contribution < -0.4 is 0 Å². The van der Waals surface area contributed by atoms with Crippen LogP contribution in [0.1, 0.15) is 414 Å². The van der Waals surface area contributed by atoms with E-state index in [1.807, 2.05) is 0 Å². The molecule has 3 N–H and O–H groups in total. The van der Waals surface area contributed by atoms with Crippen LogP contribution in [0.15, 0.2) is 0 Å². The zero-order chi connectivity index (χ0) is 72.1. The Morgan fingerprint density at radius 3 is 0.694 bits per heavy atom. The van der Waals surface area contributed by atoms with Gasteiger partial charge in [0.1, 0.15) is 19.3 Å². The standard InChI is InChI=1S/C79H154O17P2/c1-7-9-11-13-15-17-18-25-33-39-45-51-57-63-78(83)95-74(67-89-76(81)61-55-49-43-35-16-14-12-10-8-2)69-93-97(85,86)91-65-73(80)66-92-98(87,88)94-70-75(96-79(84)64-58-52-46-40-34-29-24-20-22-27-31-37-42-48-54-60-72(5)6)68-90-77(82)62-56-50-44-38-32-28-23-19-21-26-30-36-41-47-53-59-71(3)4/h71-75,80H,7-70H2,1-6H3,(H,85,86)(H,87,88)/t73-,74+,75+/m0/s1. The number of phosphoric ester groups is 2. The van der Waals surface area contributed by atoms with Gasteiger partial charge in [0.2, 0.25) is 0 Å². The minimum absolute atomic E-state index is 0.108. The van der Waals surface area contributed by atoms with E-state index in [0.29, 0.717) is 25.7 Å². The van der Waals surface area contributed by atoms with E-state index in [0.717, 1.165) is 102 Å². The number of hydrogen-bond acceptors (Lipinski definition) is 15. The molecule has 0 radical (unpaired) electrons. The number of carbonyl (C=O) groups excluding carboxylic acids is 4. The summed E-state index contributed by atoms with van der Waals surface area (Å²) < 4.78 is 68.6. The number of esters is 4. The van der Waals surface area contributed by atoms with E-state index < -0.39 is 97.5 Å². The van der Waals surface area contributed by atoms with Crippen LogP contribution in [0.2, 0.25) is 0 Å². The molecule has 2 unspecified atom stereocenters. The molecule has 0 saturated carbocycles. The summed E-state index contributed by atoms with van der Waals surface area (Å²) in [7, 11) is -9.91. The number of unbranched alkanes of at least 4 members (excludes halogenated alkanes) is 48. The first kappa shape index (κ1) is 96.1. The van der Waals surface area contributed by atoms with Gasteiger partial charge in [0, 0.05) is 25.7 Å². The largest absolute Gasteiger partial charge is 0.472 e. The molecular formula is C79H154O17P2. The lowest BCUT2D eigenvalue weighted by Crippen LogP contribution is -2.30. The third-order valence-electron chi connectivity index (χ3n) is 18.5. The zero-order valence-electron chi connectivity index (χ0n) is 64.1. The lowest BCUT2D eigenvalue weighted by molar-refractivity contribution is -0.161. The summed E-state index contributed by atoms with van der Waals surface area (Å²) >= 11 is 0. The number of aliphatic hydroxyl groups is 1. The molecule has 0 fully saturated rings. The highest BCUT2D eigenvalue weighted by Gasteiger charge is 2.30. The molecule has 0 aliphatic rings. The second-order valence-corrected chi connectivity index (χ2v) is 32.3. The number of rotatable bonds is 78. The van der Waals surface area contributed by atoms with E-state index in [-0.39, 0.29) is 25.7 Å². The van der Waals surface area contributed by atoms with Gasteiger partial charge < -0.3 is 33.8 Å². The average Bonchev–Trinajstić information content (AvgIpc) is 1.07. The molecular weight excluding hydrogens is 1280 g/mol.